The summed E-state index contributed by atoms with van der Waals surface area (Å²) >= 11 is 0. The minimum atomic E-state index is -0.777. The molecule has 0 radical (unpaired) electrons. The predicted molar refractivity (Wildman–Crippen MR) is 62.4 cm³/mol. The number of nitrogen functional groups attached to an aromatic ring is 2. The average Bonchev–Trinajstić information content (AvgIpc) is 2.89. The van der Waals surface area contributed by atoms with E-state index in [1.807, 2.05) is 6.07 Å². The Morgan fingerprint density at radius 2 is 1.94 bits per heavy atom. The van der Waals surface area contributed by atoms with Gasteiger partial charge in [-0.25, -0.2) is 4.68 Å². The third-order valence-electron chi connectivity index (χ3n) is 2.44. The van der Waals surface area contributed by atoms with E-state index >= 15 is 0 Å². The van der Waals surface area contributed by atoms with Crippen LogP contribution in [0.15, 0.2) is 27.6 Å². The fraction of sp³-hybridized carbons (Fsp3) is 0. The van der Waals surface area contributed by atoms with Crippen LogP contribution in [0.5, 0.6) is 0 Å². The van der Waals surface area contributed by atoms with E-state index in [2.05, 4.69) is 0 Å². The van der Waals surface area contributed by atoms with Crippen LogP contribution < -0.4 is 17.1 Å². The maximum atomic E-state index is 11.8. The second-order valence-electron chi connectivity index (χ2n) is 3.39. The summed E-state index contributed by atoms with van der Waals surface area (Å²) in [6, 6.07) is 6.63. The topological polar surface area (TPSA) is 135 Å². The molecular formula is C11H7N5O2. The molecule has 88 valence electrons. The minimum Gasteiger partial charge on any atom is -0.464 e. The maximum absolute atomic E-state index is 11.8. The smallest absolute Gasteiger partial charge is 0.289 e. The standard InChI is InChI=1S/C11H7N5O2/c12-4-6-9(8-2-1-3-18-8)7(5-13)11(17)16(15)10(6)14/h1-3H,14-15H2. The number of aromatic nitrogens is 1. The number of hydrogen-bond acceptors (Lipinski definition) is 6. The van der Waals surface area contributed by atoms with Crippen LogP contribution in [0.1, 0.15) is 11.1 Å². The van der Waals surface area contributed by atoms with Crippen LogP contribution in [0.25, 0.3) is 11.3 Å². The third kappa shape index (κ3) is 1.39. The first-order valence-electron chi connectivity index (χ1n) is 4.79. The summed E-state index contributed by atoms with van der Waals surface area (Å²) in [6.07, 6.45) is 1.36. The maximum Gasteiger partial charge on any atom is 0.289 e. The van der Waals surface area contributed by atoms with Gasteiger partial charge in [-0.15, -0.1) is 0 Å². The van der Waals surface area contributed by atoms with Gasteiger partial charge in [-0.05, 0) is 12.1 Å². The summed E-state index contributed by atoms with van der Waals surface area (Å²) in [5.74, 6) is 5.40. The van der Waals surface area contributed by atoms with E-state index < -0.39 is 5.56 Å². The fourth-order valence-corrected chi connectivity index (χ4v) is 1.59. The average molecular weight is 241 g/mol. The van der Waals surface area contributed by atoms with Gasteiger partial charge >= 0.3 is 0 Å². The molecule has 0 aliphatic heterocycles. The van der Waals surface area contributed by atoms with Crippen LogP contribution in [0.3, 0.4) is 0 Å². The van der Waals surface area contributed by atoms with Gasteiger partial charge < -0.3 is 16.0 Å². The number of nitrogens with two attached hydrogens (primary N) is 2. The molecule has 0 spiro atoms. The molecule has 0 saturated heterocycles. The molecule has 7 nitrogen and oxygen atoms in total. The van der Waals surface area contributed by atoms with Crippen molar-refractivity contribution in [2.75, 3.05) is 11.6 Å². The van der Waals surface area contributed by atoms with E-state index in [0.29, 0.717) is 4.68 Å². The van der Waals surface area contributed by atoms with Gasteiger partial charge in [0.1, 0.15) is 34.8 Å². The molecule has 0 unspecified atom stereocenters. The summed E-state index contributed by atoms with van der Waals surface area (Å²) in [4.78, 5) is 11.8. The summed E-state index contributed by atoms with van der Waals surface area (Å²) < 4.78 is 5.68. The first-order chi connectivity index (χ1) is 8.61. The van der Waals surface area contributed by atoms with Crippen LogP contribution in [-0.4, -0.2) is 4.68 Å². The Balaban J connectivity index is 3.01. The molecule has 2 heterocycles. The zero-order valence-electron chi connectivity index (χ0n) is 9.04. The number of pyridine rings is 1. The Labute approximate surface area is 101 Å². The monoisotopic (exact) mass is 241 g/mol. The summed E-state index contributed by atoms with van der Waals surface area (Å²) in [5, 5.41) is 18.1. The van der Waals surface area contributed by atoms with Gasteiger partial charge in [0.05, 0.1) is 11.8 Å². The van der Waals surface area contributed by atoms with Crippen molar-refractivity contribution in [1.82, 2.24) is 4.68 Å². The van der Waals surface area contributed by atoms with E-state index in [0.717, 1.165) is 0 Å². The molecule has 0 amide bonds. The quantitative estimate of drug-likeness (QED) is 0.682. The molecule has 0 bridgehead atoms. The molecule has 18 heavy (non-hydrogen) atoms. The first-order valence-corrected chi connectivity index (χ1v) is 4.79. The van der Waals surface area contributed by atoms with Crippen molar-refractivity contribution in [3.63, 3.8) is 0 Å². The van der Waals surface area contributed by atoms with Crippen molar-refractivity contribution < 1.29 is 4.42 Å². The summed E-state index contributed by atoms with van der Waals surface area (Å²) in [5.41, 5.74) is 4.53. The molecule has 0 saturated carbocycles. The lowest BCUT2D eigenvalue weighted by atomic mass is 10.0. The highest BCUT2D eigenvalue weighted by Gasteiger charge is 2.22. The van der Waals surface area contributed by atoms with Gasteiger partial charge in [0.2, 0.25) is 0 Å². The highest BCUT2D eigenvalue weighted by atomic mass is 16.3. The molecule has 2 rings (SSSR count). The Bertz CT molecular complexity index is 744. The van der Waals surface area contributed by atoms with E-state index in [1.165, 1.54) is 12.3 Å². The molecule has 0 fully saturated rings. The second kappa shape index (κ2) is 4.00. The van der Waals surface area contributed by atoms with Crippen molar-refractivity contribution >= 4 is 5.82 Å². The van der Waals surface area contributed by atoms with Gasteiger partial charge in [0.25, 0.3) is 5.56 Å². The van der Waals surface area contributed by atoms with Crippen LogP contribution in [0.2, 0.25) is 0 Å². The zero-order valence-corrected chi connectivity index (χ0v) is 9.04. The summed E-state index contributed by atoms with van der Waals surface area (Å²) in [7, 11) is 0. The molecule has 2 aromatic heterocycles. The molecule has 4 N–H and O–H groups in total. The lowest BCUT2D eigenvalue weighted by Gasteiger charge is -2.09. The Morgan fingerprint density at radius 1 is 1.28 bits per heavy atom. The van der Waals surface area contributed by atoms with Crippen LogP contribution in [-0.2, 0) is 0 Å². The molecule has 0 aliphatic rings. The SMILES string of the molecule is N#Cc1c(-c2ccco2)c(C#N)c(=O)n(N)c1N. The normalized spacial score (nSPS) is 9.67. The van der Waals surface area contributed by atoms with Gasteiger partial charge in [0.15, 0.2) is 0 Å². The largest absolute Gasteiger partial charge is 0.464 e. The number of furan rings is 1. The van der Waals surface area contributed by atoms with Crippen molar-refractivity contribution in [3.8, 4) is 23.5 Å². The highest BCUT2D eigenvalue weighted by molar-refractivity contribution is 5.77. The Hall–Kier alpha value is -3.19. The van der Waals surface area contributed by atoms with Crippen LogP contribution in [0, 0.1) is 22.7 Å². The van der Waals surface area contributed by atoms with Gasteiger partial charge in [0, 0.05) is 0 Å². The molecule has 0 aliphatic carbocycles. The van der Waals surface area contributed by atoms with E-state index in [-0.39, 0.29) is 28.3 Å². The van der Waals surface area contributed by atoms with Crippen molar-refractivity contribution in [2.24, 2.45) is 0 Å². The number of nitriles is 2. The molecule has 0 aromatic carbocycles. The summed E-state index contributed by atoms with van der Waals surface area (Å²) in [6.45, 7) is 0. The lowest BCUT2D eigenvalue weighted by Crippen LogP contribution is -2.32. The van der Waals surface area contributed by atoms with Crippen molar-refractivity contribution in [3.05, 3.63) is 39.9 Å². The fourth-order valence-electron chi connectivity index (χ4n) is 1.59. The Morgan fingerprint density at radius 3 is 2.44 bits per heavy atom. The van der Waals surface area contributed by atoms with E-state index in [9.17, 15) is 4.79 Å². The minimum absolute atomic E-state index is 0.0641. The number of hydrogen-bond donors (Lipinski definition) is 2. The zero-order chi connectivity index (χ0) is 13.3. The number of anilines is 1. The third-order valence-corrected chi connectivity index (χ3v) is 2.44. The number of nitrogens with zero attached hydrogens (tertiary/aromatic N) is 3. The molecule has 0 atom stereocenters. The van der Waals surface area contributed by atoms with Crippen LogP contribution >= 0.6 is 0 Å². The predicted octanol–water partition coefficient (Wildman–Crippen LogP) is 0.148. The van der Waals surface area contributed by atoms with Gasteiger partial charge in [-0.2, -0.15) is 10.5 Å². The van der Waals surface area contributed by atoms with E-state index in [1.54, 1.807) is 12.1 Å². The van der Waals surface area contributed by atoms with Crippen LogP contribution in [0.4, 0.5) is 5.82 Å². The van der Waals surface area contributed by atoms with Crippen molar-refractivity contribution in [2.45, 2.75) is 0 Å². The first kappa shape index (κ1) is 11.3. The van der Waals surface area contributed by atoms with Crippen molar-refractivity contribution in [1.29, 1.82) is 10.5 Å². The second-order valence-corrected chi connectivity index (χ2v) is 3.39. The molecule has 7 heteroatoms. The van der Waals surface area contributed by atoms with E-state index in [4.69, 9.17) is 26.5 Å². The highest BCUT2D eigenvalue weighted by Crippen LogP contribution is 2.28. The number of rotatable bonds is 1. The lowest BCUT2D eigenvalue weighted by molar-refractivity contribution is 0.581. The molecular weight excluding hydrogens is 234 g/mol. The van der Waals surface area contributed by atoms with Gasteiger partial charge in [-0.3, -0.25) is 4.79 Å². The molecule has 2 aromatic rings. The van der Waals surface area contributed by atoms with Gasteiger partial charge in [-0.1, -0.05) is 0 Å². The Kier molecular flexibility index (Phi) is 2.51.